The number of hydrogen-bond donors (Lipinski definition) is 1. The molecule has 1 N–H and O–H groups in total. The number of hydrogen-bond acceptors (Lipinski definition) is 4. The number of benzene rings is 3. The van der Waals surface area contributed by atoms with E-state index in [1.54, 1.807) is 56.3 Å². The molecule has 0 saturated heterocycles. The zero-order chi connectivity index (χ0) is 24.7. The highest BCUT2D eigenvalue weighted by atomic mass is 35.5. The van der Waals surface area contributed by atoms with Gasteiger partial charge in [0.2, 0.25) is 0 Å². The second-order valence-corrected chi connectivity index (χ2v) is 7.99. The molecule has 0 aliphatic rings. The van der Waals surface area contributed by atoms with Gasteiger partial charge in [0.05, 0.1) is 11.6 Å². The molecular formula is C26H21Cl2FN2O3. The van der Waals surface area contributed by atoms with E-state index in [-0.39, 0.29) is 23.0 Å². The highest BCUT2D eigenvalue weighted by Crippen LogP contribution is 2.38. The summed E-state index contributed by atoms with van der Waals surface area (Å²) in [5.74, 6) is -0.444. The van der Waals surface area contributed by atoms with Gasteiger partial charge in [-0.15, -0.1) is 0 Å². The molecule has 174 valence electrons. The second-order valence-electron chi connectivity index (χ2n) is 7.18. The summed E-state index contributed by atoms with van der Waals surface area (Å²) in [4.78, 5) is 12.7. The summed E-state index contributed by atoms with van der Waals surface area (Å²) in [6, 6.07) is 16.4. The summed E-state index contributed by atoms with van der Waals surface area (Å²) in [6.45, 7) is 3.83. The number of carbonyl (C=O) groups excluding carboxylic acids is 1. The number of amides is 1. The fourth-order valence-electron chi connectivity index (χ4n) is 3.09. The van der Waals surface area contributed by atoms with Crippen LogP contribution in [0.15, 0.2) is 60.2 Å². The van der Waals surface area contributed by atoms with Crippen molar-refractivity contribution in [2.75, 3.05) is 11.9 Å². The van der Waals surface area contributed by atoms with E-state index in [2.05, 4.69) is 5.32 Å². The van der Waals surface area contributed by atoms with Gasteiger partial charge in [-0.1, -0.05) is 47.5 Å². The lowest BCUT2D eigenvalue weighted by molar-refractivity contribution is -0.112. The molecule has 0 bridgehead atoms. The van der Waals surface area contributed by atoms with Gasteiger partial charge in [0.15, 0.2) is 11.5 Å². The highest BCUT2D eigenvalue weighted by molar-refractivity contribution is 6.32. The molecule has 0 fully saturated rings. The average molecular weight is 499 g/mol. The summed E-state index contributed by atoms with van der Waals surface area (Å²) < 4.78 is 25.3. The molecule has 1 amide bonds. The summed E-state index contributed by atoms with van der Waals surface area (Å²) in [6.07, 6.45) is 1.39. The Hall–Kier alpha value is -3.53. The van der Waals surface area contributed by atoms with Gasteiger partial charge in [-0.05, 0) is 61.4 Å². The Morgan fingerprint density at radius 2 is 1.88 bits per heavy atom. The fourth-order valence-corrected chi connectivity index (χ4v) is 3.54. The predicted molar refractivity (Wildman–Crippen MR) is 132 cm³/mol. The van der Waals surface area contributed by atoms with Crippen LogP contribution in [-0.2, 0) is 11.4 Å². The first-order chi connectivity index (χ1) is 16.3. The molecule has 3 aromatic carbocycles. The van der Waals surface area contributed by atoms with Crippen LogP contribution in [-0.4, -0.2) is 12.5 Å². The average Bonchev–Trinajstić information content (AvgIpc) is 2.81. The maximum Gasteiger partial charge on any atom is 0.266 e. The first-order valence-electron chi connectivity index (χ1n) is 10.3. The highest BCUT2D eigenvalue weighted by Gasteiger charge is 2.16. The number of nitriles is 1. The van der Waals surface area contributed by atoms with Gasteiger partial charge >= 0.3 is 0 Å². The third-order valence-corrected chi connectivity index (χ3v) is 5.54. The van der Waals surface area contributed by atoms with Crippen molar-refractivity contribution >= 4 is 40.9 Å². The Balaban J connectivity index is 1.87. The van der Waals surface area contributed by atoms with Gasteiger partial charge in [-0.2, -0.15) is 5.26 Å². The molecule has 0 saturated carbocycles. The van der Waals surface area contributed by atoms with E-state index >= 15 is 0 Å². The lowest BCUT2D eigenvalue weighted by atomic mass is 10.1. The lowest BCUT2D eigenvalue weighted by Crippen LogP contribution is -2.14. The SMILES string of the molecule is CCOc1cc(/C=C(\C#N)C(=O)Nc2cccc(Cl)c2C)cc(Cl)c1OCc1ccccc1F. The van der Waals surface area contributed by atoms with Crippen LogP contribution < -0.4 is 14.8 Å². The van der Waals surface area contributed by atoms with Crippen molar-refractivity contribution in [1.29, 1.82) is 5.26 Å². The van der Waals surface area contributed by atoms with E-state index in [4.69, 9.17) is 32.7 Å². The number of rotatable bonds is 8. The van der Waals surface area contributed by atoms with E-state index in [0.29, 0.717) is 39.8 Å². The molecule has 0 spiro atoms. The number of carbonyl (C=O) groups is 1. The van der Waals surface area contributed by atoms with Crippen LogP contribution in [0.2, 0.25) is 10.0 Å². The van der Waals surface area contributed by atoms with Gasteiger partial charge < -0.3 is 14.8 Å². The van der Waals surface area contributed by atoms with E-state index in [1.807, 2.05) is 6.07 Å². The van der Waals surface area contributed by atoms with E-state index < -0.39 is 11.7 Å². The van der Waals surface area contributed by atoms with Crippen molar-refractivity contribution in [3.05, 3.63) is 92.7 Å². The smallest absolute Gasteiger partial charge is 0.266 e. The number of ether oxygens (including phenoxy) is 2. The minimum atomic E-state index is -0.596. The van der Waals surface area contributed by atoms with Crippen LogP contribution in [0.1, 0.15) is 23.6 Å². The van der Waals surface area contributed by atoms with Crippen LogP contribution in [0.3, 0.4) is 0 Å². The van der Waals surface area contributed by atoms with Gasteiger partial charge in [0, 0.05) is 16.3 Å². The quantitative estimate of drug-likeness (QED) is 0.269. The summed E-state index contributed by atoms with van der Waals surface area (Å²) in [5, 5.41) is 12.9. The van der Waals surface area contributed by atoms with E-state index in [1.165, 1.54) is 18.2 Å². The standard InChI is InChI=1S/C26H21Cl2FN2O3/c1-3-33-24-13-17(12-21(28)25(24)34-15-18-7-4-5-9-22(18)29)11-19(14-30)26(32)31-23-10-6-8-20(27)16(23)2/h4-13H,3,15H2,1-2H3,(H,31,32)/b19-11+. The minimum Gasteiger partial charge on any atom is -0.490 e. The van der Waals surface area contributed by atoms with Crippen molar-refractivity contribution in [3.63, 3.8) is 0 Å². The molecule has 3 aromatic rings. The number of nitrogens with one attached hydrogen (secondary N) is 1. The van der Waals surface area contributed by atoms with Crippen LogP contribution in [0, 0.1) is 24.1 Å². The normalized spacial score (nSPS) is 11.0. The summed E-state index contributed by atoms with van der Waals surface area (Å²) >= 11 is 12.5. The molecule has 34 heavy (non-hydrogen) atoms. The van der Waals surface area contributed by atoms with Crippen molar-refractivity contribution in [2.24, 2.45) is 0 Å². The fraction of sp³-hybridized carbons (Fsp3) is 0.154. The Bertz CT molecular complexity index is 1290. The van der Waals surface area contributed by atoms with Crippen LogP contribution in [0.5, 0.6) is 11.5 Å². The molecule has 0 radical (unpaired) electrons. The predicted octanol–water partition coefficient (Wildman–Crippen LogP) is 6.96. The van der Waals surface area contributed by atoms with Gasteiger partial charge in [-0.25, -0.2) is 4.39 Å². The largest absolute Gasteiger partial charge is 0.490 e. The van der Waals surface area contributed by atoms with Crippen LogP contribution in [0.4, 0.5) is 10.1 Å². The summed E-state index contributed by atoms with van der Waals surface area (Å²) in [7, 11) is 0. The Morgan fingerprint density at radius 3 is 2.59 bits per heavy atom. The number of nitrogens with zero attached hydrogens (tertiary/aromatic N) is 1. The molecule has 3 rings (SSSR count). The van der Waals surface area contributed by atoms with Crippen LogP contribution in [0.25, 0.3) is 6.08 Å². The van der Waals surface area contributed by atoms with Crippen molar-refractivity contribution in [3.8, 4) is 17.6 Å². The Kier molecular flexibility index (Phi) is 8.53. The number of anilines is 1. The lowest BCUT2D eigenvalue weighted by Gasteiger charge is -2.15. The van der Waals surface area contributed by atoms with Crippen molar-refractivity contribution < 1.29 is 18.7 Å². The maximum atomic E-state index is 13.9. The van der Waals surface area contributed by atoms with E-state index in [9.17, 15) is 14.4 Å². The molecule has 0 unspecified atom stereocenters. The maximum absolute atomic E-state index is 13.9. The third-order valence-electron chi connectivity index (χ3n) is 4.85. The van der Waals surface area contributed by atoms with Crippen molar-refractivity contribution in [1.82, 2.24) is 0 Å². The third kappa shape index (κ3) is 6.07. The monoisotopic (exact) mass is 498 g/mol. The molecule has 0 atom stereocenters. The molecular weight excluding hydrogens is 478 g/mol. The zero-order valence-electron chi connectivity index (χ0n) is 18.5. The van der Waals surface area contributed by atoms with Gasteiger partial charge in [0.25, 0.3) is 5.91 Å². The minimum absolute atomic E-state index is 0.0491. The molecule has 0 aliphatic carbocycles. The molecule has 0 aliphatic heterocycles. The van der Waals surface area contributed by atoms with Gasteiger partial charge in [0.1, 0.15) is 24.1 Å². The molecule has 0 heterocycles. The van der Waals surface area contributed by atoms with Crippen molar-refractivity contribution in [2.45, 2.75) is 20.5 Å². The summed E-state index contributed by atoms with van der Waals surface area (Å²) in [5.41, 5.74) is 1.88. The topological polar surface area (TPSA) is 71.3 Å². The van der Waals surface area contributed by atoms with E-state index in [0.717, 1.165) is 0 Å². The first kappa shape index (κ1) is 25.1. The Morgan fingerprint density at radius 1 is 1.12 bits per heavy atom. The van der Waals surface area contributed by atoms with Gasteiger partial charge in [-0.3, -0.25) is 4.79 Å². The van der Waals surface area contributed by atoms with Crippen LogP contribution >= 0.6 is 23.2 Å². The number of halogens is 3. The second kappa shape index (κ2) is 11.6. The first-order valence-corrected chi connectivity index (χ1v) is 11.1. The molecule has 0 aromatic heterocycles. The molecule has 8 heteroatoms. The zero-order valence-corrected chi connectivity index (χ0v) is 20.0. The molecule has 5 nitrogen and oxygen atoms in total. The Labute approximate surface area is 207 Å².